The fourth-order valence-electron chi connectivity index (χ4n) is 0.860. The molecule has 16 heavy (non-hydrogen) atoms. The molecule has 3 N–H and O–H groups in total. The van der Waals surface area contributed by atoms with E-state index in [9.17, 15) is 18.5 Å². The molecule has 1 aromatic rings. The number of aromatic hydroxyl groups is 1. The molecule has 0 aliphatic carbocycles. The van der Waals surface area contributed by atoms with Crippen LogP contribution >= 0.6 is 0 Å². The number of non-ortho nitro benzene ring substituents is 1. The van der Waals surface area contributed by atoms with Crippen molar-refractivity contribution >= 4 is 15.7 Å². The number of hydrogen-bond acceptors (Lipinski definition) is 5. The minimum absolute atomic E-state index is 0.407. The topological polar surface area (TPSA) is 124 Å². The number of benzene rings is 1. The van der Waals surface area contributed by atoms with E-state index in [0.29, 0.717) is 0 Å². The van der Waals surface area contributed by atoms with E-state index in [1.54, 1.807) is 0 Å². The van der Waals surface area contributed by atoms with Crippen molar-refractivity contribution in [3.05, 3.63) is 28.3 Å². The van der Waals surface area contributed by atoms with E-state index in [1.165, 1.54) is 0 Å². The van der Waals surface area contributed by atoms with Gasteiger partial charge >= 0.3 is 0 Å². The summed E-state index contributed by atoms with van der Waals surface area (Å²) in [5, 5.41) is 24.1. The van der Waals surface area contributed by atoms with Gasteiger partial charge in [-0.1, -0.05) is 13.8 Å². The first-order chi connectivity index (χ1) is 7.32. The zero-order valence-electron chi connectivity index (χ0n) is 8.75. The van der Waals surface area contributed by atoms with Crippen LogP contribution in [0.1, 0.15) is 13.8 Å². The van der Waals surface area contributed by atoms with Crippen LogP contribution in [0.15, 0.2) is 23.1 Å². The molecule has 0 fully saturated rings. The van der Waals surface area contributed by atoms with E-state index in [2.05, 4.69) is 0 Å². The van der Waals surface area contributed by atoms with Crippen molar-refractivity contribution in [3.63, 3.8) is 0 Å². The smallest absolute Gasteiger partial charge is 0.273 e. The Balaban J connectivity index is 0.00000106. The van der Waals surface area contributed by atoms with E-state index in [0.717, 1.165) is 18.2 Å². The number of primary sulfonamides is 1. The molecule has 0 heterocycles. The first kappa shape index (κ1) is 14.3. The summed E-state index contributed by atoms with van der Waals surface area (Å²) in [5.74, 6) is -0.735. The van der Waals surface area contributed by atoms with Crippen LogP contribution in [0.2, 0.25) is 0 Å². The van der Waals surface area contributed by atoms with Crippen LogP contribution < -0.4 is 5.14 Å². The highest BCUT2D eigenvalue weighted by Gasteiger charge is 2.17. The average molecular weight is 248 g/mol. The number of phenolic OH excluding ortho intramolecular Hbond substituents is 1. The summed E-state index contributed by atoms with van der Waals surface area (Å²) in [6.07, 6.45) is 0. The Morgan fingerprint density at radius 2 is 1.88 bits per heavy atom. The van der Waals surface area contributed by atoms with Crippen molar-refractivity contribution in [1.29, 1.82) is 0 Å². The number of hydrogen-bond donors (Lipinski definition) is 2. The molecule has 0 unspecified atom stereocenters. The Hall–Kier alpha value is -1.67. The third-order valence-corrected chi connectivity index (χ3v) is 2.42. The van der Waals surface area contributed by atoms with Crippen molar-refractivity contribution < 1.29 is 18.4 Å². The molecule has 0 atom stereocenters. The first-order valence-corrected chi connectivity index (χ1v) is 5.87. The van der Waals surface area contributed by atoms with Crippen LogP contribution in [-0.2, 0) is 10.0 Å². The summed E-state index contributed by atoms with van der Waals surface area (Å²) in [6, 6.07) is 2.54. The molecule has 0 aromatic heterocycles. The molecular weight excluding hydrogens is 236 g/mol. The molecule has 1 rings (SSSR count). The summed E-state index contributed by atoms with van der Waals surface area (Å²) in [5.41, 5.74) is -0.407. The maximum absolute atomic E-state index is 10.8. The number of nitro benzene ring substituents is 1. The summed E-state index contributed by atoms with van der Waals surface area (Å²) in [6.45, 7) is 4.00. The zero-order chi connectivity index (χ0) is 12.9. The molecule has 0 spiro atoms. The average Bonchev–Trinajstić information content (AvgIpc) is 2.18. The van der Waals surface area contributed by atoms with Crippen molar-refractivity contribution in [2.75, 3.05) is 0 Å². The van der Waals surface area contributed by atoms with Crippen LogP contribution in [0.5, 0.6) is 5.75 Å². The van der Waals surface area contributed by atoms with Gasteiger partial charge in [0.1, 0.15) is 10.6 Å². The van der Waals surface area contributed by atoms with Crippen molar-refractivity contribution in [3.8, 4) is 5.75 Å². The van der Waals surface area contributed by atoms with Crippen molar-refractivity contribution in [2.45, 2.75) is 18.7 Å². The van der Waals surface area contributed by atoms with E-state index in [1.807, 2.05) is 13.8 Å². The normalized spacial score (nSPS) is 10.2. The predicted molar refractivity (Wildman–Crippen MR) is 57.5 cm³/mol. The second kappa shape index (κ2) is 5.42. The van der Waals surface area contributed by atoms with Gasteiger partial charge in [-0.2, -0.15) is 0 Å². The predicted octanol–water partition coefficient (Wildman–Crippen LogP) is 0.974. The lowest BCUT2D eigenvalue weighted by molar-refractivity contribution is -0.385. The molecule has 0 bridgehead atoms. The molecule has 90 valence electrons. The highest BCUT2D eigenvalue weighted by Crippen LogP contribution is 2.25. The van der Waals surface area contributed by atoms with Crippen LogP contribution in [0.3, 0.4) is 0 Å². The van der Waals surface area contributed by atoms with E-state index in [4.69, 9.17) is 10.2 Å². The molecule has 7 nitrogen and oxygen atoms in total. The third kappa shape index (κ3) is 3.48. The SMILES string of the molecule is CC.NS(=O)(=O)c1ccc([N+](=O)[O-])cc1O. The van der Waals surface area contributed by atoms with Crippen LogP contribution in [-0.4, -0.2) is 18.4 Å². The molecule has 8 heteroatoms. The summed E-state index contributed by atoms with van der Waals surface area (Å²) in [4.78, 5) is 8.93. The molecule has 0 aliphatic rings. The van der Waals surface area contributed by atoms with E-state index < -0.39 is 31.3 Å². The number of rotatable bonds is 2. The number of nitrogens with zero attached hydrogens (tertiary/aromatic N) is 1. The number of sulfonamides is 1. The van der Waals surface area contributed by atoms with Crippen LogP contribution in [0, 0.1) is 10.1 Å². The van der Waals surface area contributed by atoms with Crippen molar-refractivity contribution in [2.24, 2.45) is 5.14 Å². The molecule has 0 amide bonds. The highest BCUT2D eigenvalue weighted by molar-refractivity contribution is 7.89. The highest BCUT2D eigenvalue weighted by atomic mass is 32.2. The third-order valence-electron chi connectivity index (χ3n) is 1.46. The Bertz CT molecular complexity index is 483. The molecule has 1 aromatic carbocycles. The second-order valence-corrected chi connectivity index (χ2v) is 3.98. The van der Waals surface area contributed by atoms with Gasteiger partial charge in [0.15, 0.2) is 0 Å². The van der Waals surface area contributed by atoms with Gasteiger partial charge in [0.05, 0.1) is 11.0 Å². The standard InChI is InChI=1S/C6H6N2O5S.C2H6/c7-14(12,13)6-2-1-4(8(10)11)3-5(6)9;1-2/h1-3,9H,(H2,7,12,13);1-2H3. The quantitative estimate of drug-likeness (QED) is 0.596. The van der Waals surface area contributed by atoms with Gasteiger partial charge < -0.3 is 5.11 Å². The largest absolute Gasteiger partial charge is 0.506 e. The van der Waals surface area contributed by atoms with Gasteiger partial charge in [0.25, 0.3) is 5.69 Å². The summed E-state index contributed by atoms with van der Waals surface area (Å²) in [7, 11) is -4.05. The number of phenols is 1. The molecular formula is C8H12N2O5S. The Morgan fingerprint density at radius 1 is 1.38 bits per heavy atom. The summed E-state index contributed by atoms with van der Waals surface area (Å²) < 4.78 is 21.6. The zero-order valence-corrected chi connectivity index (χ0v) is 9.56. The molecule has 0 aliphatic heterocycles. The lowest BCUT2D eigenvalue weighted by Gasteiger charge is -2.00. The minimum atomic E-state index is -4.05. The second-order valence-electron chi connectivity index (χ2n) is 2.45. The molecule has 0 radical (unpaired) electrons. The van der Waals surface area contributed by atoms with Gasteiger partial charge in [-0.05, 0) is 6.07 Å². The number of nitrogens with two attached hydrogens (primary N) is 1. The molecule has 0 saturated carbocycles. The fourth-order valence-corrected chi connectivity index (χ4v) is 1.47. The Kier molecular flexibility index (Phi) is 4.86. The maximum atomic E-state index is 10.8. The monoisotopic (exact) mass is 248 g/mol. The van der Waals surface area contributed by atoms with Gasteiger partial charge in [-0.3, -0.25) is 10.1 Å². The maximum Gasteiger partial charge on any atom is 0.273 e. The van der Waals surface area contributed by atoms with Crippen molar-refractivity contribution in [1.82, 2.24) is 0 Å². The van der Waals surface area contributed by atoms with Gasteiger partial charge in [0, 0.05) is 6.07 Å². The minimum Gasteiger partial charge on any atom is -0.506 e. The van der Waals surface area contributed by atoms with Crippen LogP contribution in [0.25, 0.3) is 0 Å². The van der Waals surface area contributed by atoms with E-state index >= 15 is 0 Å². The molecule has 0 saturated heterocycles. The van der Waals surface area contributed by atoms with Gasteiger partial charge in [-0.25, -0.2) is 13.6 Å². The fraction of sp³-hybridized carbons (Fsp3) is 0.250. The Labute approximate surface area is 92.7 Å². The lowest BCUT2D eigenvalue weighted by atomic mass is 10.3. The lowest BCUT2D eigenvalue weighted by Crippen LogP contribution is -2.12. The van der Waals surface area contributed by atoms with Gasteiger partial charge in [0.2, 0.25) is 10.0 Å². The number of nitro groups is 1. The Morgan fingerprint density at radius 3 is 2.19 bits per heavy atom. The van der Waals surface area contributed by atoms with Crippen LogP contribution in [0.4, 0.5) is 5.69 Å². The summed E-state index contributed by atoms with van der Waals surface area (Å²) >= 11 is 0. The first-order valence-electron chi connectivity index (χ1n) is 4.32. The van der Waals surface area contributed by atoms with E-state index in [-0.39, 0.29) is 0 Å². The van der Waals surface area contributed by atoms with Gasteiger partial charge in [-0.15, -0.1) is 0 Å².